The second-order valence-corrected chi connectivity index (χ2v) is 6.05. The predicted molar refractivity (Wildman–Crippen MR) is 75.6 cm³/mol. The summed E-state index contributed by atoms with van der Waals surface area (Å²) < 4.78 is 0. The van der Waals surface area contributed by atoms with Crippen molar-refractivity contribution in [2.45, 2.75) is 32.6 Å². The molecule has 0 radical (unpaired) electrons. The number of aromatic carboxylic acids is 1. The van der Waals surface area contributed by atoms with E-state index in [-0.39, 0.29) is 0 Å². The Morgan fingerprint density at radius 3 is 2.42 bits per heavy atom. The monoisotopic (exact) mass is 259 g/mol. The molecule has 2 aliphatic carbocycles. The summed E-state index contributed by atoms with van der Waals surface area (Å²) in [6.07, 6.45) is 5.61. The van der Waals surface area contributed by atoms with E-state index in [0.29, 0.717) is 5.56 Å². The molecule has 2 aliphatic rings. The van der Waals surface area contributed by atoms with Crippen LogP contribution in [0.3, 0.4) is 0 Å². The van der Waals surface area contributed by atoms with Crippen molar-refractivity contribution in [2.24, 2.45) is 17.8 Å². The Hall–Kier alpha value is -1.51. The highest BCUT2D eigenvalue weighted by Crippen LogP contribution is 2.49. The van der Waals surface area contributed by atoms with Crippen molar-refractivity contribution < 1.29 is 9.90 Å². The SMILES string of the molecule is Cc1cc(C(=O)O)ccc1NCC(C1CC1)C1CC1. The highest BCUT2D eigenvalue weighted by molar-refractivity contribution is 5.88. The highest BCUT2D eigenvalue weighted by atomic mass is 16.4. The molecule has 0 bridgehead atoms. The molecular formula is C16H21NO2. The Morgan fingerprint density at radius 2 is 1.95 bits per heavy atom. The van der Waals surface area contributed by atoms with Gasteiger partial charge < -0.3 is 10.4 Å². The average Bonchev–Trinajstić information content (AvgIpc) is 3.25. The van der Waals surface area contributed by atoms with Gasteiger partial charge in [-0.15, -0.1) is 0 Å². The van der Waals surface area contributed by atoms with Crippen molar-refractivity contribution in [2.75, 3.05) is 11.9 Å². The van der Waals surface area contributed by atoms with E-state index in [0.717, 1.165) is 35.5 Å². The Labute approximate surface area is 114 Å². The number of hydrogen-bond acceptors (Lipinski definition) is 2. The van der Waals surface area contributed by atoms with Gasteiger partial charge >= 0.3 is 5.97 Å². The lowest BCUT2D eigenvalue weighted by atomic mass is 9.97. The van der Waals surface area contributed by atoms with E-state index in [9.17, 15) is 4.79 Å². The number of hydrogen-bond donors (Lipinski definition) is 2. The van der Waals surface area contributed by atoms with Crippen LogP contribution in [0.5, 0.6) is 0 Å². The fourth-order valence-electron chi connectivity index (χ4n) is 2.99. The van der Waals surface area contributed by atoms with Crippen molar-refractivity contribution >= 4 is 11.7 Å². The van der Waals surface area contributed by atoms with Crippen LogP contribution in [0.1, 0.15) is 41.6 Å². The molecular weight excluding hydrogens is 238 g/mol. The van der Waals surface area contributed by atoms with Gasteiger partial charge in [0.2, 0.25) is 0 Å². The third-order valence-corrected chi connectivity index (χ3v) is 4.46. The molecule has 0 heterocycles. The molecule has 3 rings (SSSR count). The molecule has 3 heteroatoms. The molecule has 0 aromatic heterocycles. The first-order chi connectivity index (χ1) is 9.15. The summed E-state index contributed by atoms with van der Waals surface area (Å²) in [5, 5.41) is 12.5. The summed E-state index contributed by atoms with van der Waals surface area (Å²) in [4.78, 5) is 10.9. The maximum Gasteiger partial charge on any atom is 0.335 e. The molecule has 19 heavy (non-hydrogen) atoms. The molecule has 1 aromatic carbocycles. The third kappa shape index (κ3) is 2.91. The zero-order chi connectivity index (χ0) is 13.4. The van der Waals surface area contributed by atoms with Gasteiger partial charge in [-0.25, -0.2) is 4.79 Å². The van der Waals surface area contributed by atoms with Gasteiger partial charge in [-0.1, -0.05) is 0 Å². The Kier molecular flexibility index (Phi) is 3.21. The smallest absolute Gasteiger partial charge is 0.335 e. The minimum absolute atomic E-state index is 0.365. The summed E-state index contributed by atoms with van der Waals surface area (Å²) in [7, 11) is 0. The molecule has 0 spiro atoms. The summed E-state index contributed by atoms with van der Waals surface area (Å²) in [6, 6.07) is 5.32. The third-order valence-electron chi connectivity index (χ3n) is 4.46. The molecule has 0 unspecified atom stereocenters. The van der Waals surface area contributed by atoms with Gasteiger partial charge in [-0.3, -0.25) is 0 Å². The van der Waals surface area contributed by atoms with Gasteiger partial charge in [0.05, 0.1) is 5.56 Å². The molecule has 0 saturated heterocycles. The van der Waals surface area contributed by atoms with Gasteiger partial charge in [0.1, 0.15) is 0 Å². The lowest BCUT2D eigenvalue weighted by Crippen LogP contribution is -2.18. The minimum atomic E-state index is -0.858. The van der Waals surface area contributed by atoms with E-state index in [2.05, 4.69) is 5.32 Å². The van der Waals surface area contributed by atoms with Crippen LogP contribution in [0, 0.1) is 24.7 Å². The van der Waals surface area contributed by atoms with Crippen molar-refractivity contribution in [1.29, 1.82) is 0 Å². The highest BCUT2D eigenvalue weighted by Gasteiger charge is 2.40. The van der Waals surface area contributed by atoms with Crippen molar-refractivity contribution in [3.8, 4) is 0 Å². The predicted octanol–water partition coefficient (Wildman–Crippen LogP) is 3.54. The van der Waals surface area contributed by atoms with Crippen LogP contribution in [0.25, 0.3) is 0 Å². The van der Waals surface area contributed by atoms with Gasteiger partial charge in [-0.2, -0.15) is 0 Å². The van der Waals surface area contributed by atoms with Gasteiger partial charge in [0, 0.05) is 12.2 Å². The molecule has 2 saturated carbocycles. The van der Waals surface area contributed by atoms with Crippen LogP contribution < -0.4 is 5.32 Å². The standard InChI is InChI=1S/C16H21NO2/c1-10-8-13(16(18)19)6-7-15(10)17-9-14(11-2-3-11)12-4-5-12/h6-8,11-12,14,17H,2-5,9H2,1H3,(H,18,19). The largest absolute Gasteiger partial charge is 0.478 e. The number of carbonyl (C=O) groups is 1. The number of benzene rings is 1. The zero-order valence-electron chi connectivity index (χ0n) is 11.4. The van der Waals surface area contributed by atoms with E-state index in [1.807, 2.05) is 13.0 Å². The Bertz CT molecular complexity index is 478. The maximum atomic E-state index is 10.9. The van der Waals surface area contributed by atoms with E-state index < -0.39 is 5.97 Å². The molecule has 1 aromatic rings. The van der Waals surface area contributed by atoms with Crippen molar-refractivity contribution in [1.82, 2.24) is 0 Å². The topological polar surface area (TPSA) is 49.3 Å². The van der Waals surface area contributed by atoms with E-state index >= 15 is 0 Å². The number of nitrogens with one attached hydrogen (secondary N) is 1. The normalized spacial score (nSPS) is 18.6. The molecule has 0 atom stereocenters. The number of aryl methyl sites for hydroxylation is 1. The van der Waals surface area contributed by atoms with Gasteiger partial charge in [0.25, 0.3) is 0 Å². The number of rotatable bonds is 6. The van der Waals surface area contributed by atoms with E-state index in [4.69, 9.17) is 5.11 Å². The van der Waals surface area contributed by atoms with Crippen LogP contribution in [0.4, 0.5) is 5.69 Å². The first-order valence-corrected chi connectivity index (χ1v) is 7.23. The fraction of sp³-hybridized carbons (Fsp3) is 0.562. The Balaban J connectivity index is 1.64. The Morgan fingerprint density at radius 1 is 1.32 bits per heavy atom. The molecule has 102 valence electrons. The lowest BCUT2D eigenvalue weighted by Gasteiger charge is -2.18. The second kappa shape index (κ2) is 4.87. The molecule has 2 fully saturated rings. The quantitative estimate of drug-likeness (QED) is 0.821. The summed E-state index contributed by atoms with van der Waals surface area (Å²) in [6.45, 7) is 3.01. The number of anilines is 1. The van der Waals surface area contributed by atoms with Crippen LogP contribution >= 0.6 is 0 Å². The average molecular weight is 259 g/mol. The van der Waals surface area contributed by atoms with Crippen LogP contribution in [0.15, 0.2) is 18.2 Å². The zero-order valence-corrected chi connectivity index (χ0v) is 11.4. The van der Waals surface area contributed by atoms with Crippen molar-refractivity contribution in [3.05, 3.63) is 29.3 Å². The molecule has 0 amide bonds. The fourth-order valence-corrected chi connectivity index (χ4v) is 2.99. The molecule has 2 N–H and O–H groups in total. The van der Waals surface area contributed by atoms with E-state index in [1.165, 1.54) is 25.7 Å². The van der Waals surface area contributed by atoms with Crippen LogP contribution in [0.2, 0.25) is 0 Å². The number of carboxylic acids is 1. The van der Waals surface area contributed by atoms with Gasteiger partial charge in [-0.05, 0) is 74.1 Å². The first kappa shape index (κ1) is 12.5. The minimum Gasteiger partial charge on any atom is -0.478 e. The molecule has 0 aliphatic heterocycles. The molecule has 3 nitrogen and oxygen atoms in total. The summed E-state index contributed by atoms with van der Waals surface area (Å²) in [5.41, 5.74) is 2.46. The van der Waals surface area contributed by atoms with Crippen LogP contribution in [-0.2, 0) is 0 Å². The van der Waals surface area contributed by atoms with Crippen LogP contribution in [-0.4, -0.2) is 17.6 Å². The van der Waals surface area contributed by atoms with E-state index in [1.54, 1.807) is 12.1 Å². The summed E-state index contributed by atoms with van der Waals surface area (Å²) >= 11 is 0. The lowest BCUT2D eigenvalue weighted by molar-refractivity contribution is 0.0697. The first-order valence-electron chi connectivity index (χ1n) is 7.23. The van der Waals surface area contributed by atoms with Crippen molar-refractivity contribution in [3.63, 3.8) is 0 Å². The summed E-state index contributed by atoms with van der Waals surface area (Å²) in [5.74, 6) is 1.86. The second-order valence-electron chi connectivity index (χ2n) is 6.05. The maximum absolute atomic E-state index is 10.9. The van der Waals surface area contributed by atoms with Gasteiger partial charge in [0.15, 0.2) is 0 Å². The number of carboxylic acid groups (broad SMARTS) is 1.